The van der Waals surface area contributed by atoms with Crippen LogP contribution in [0.2, 0.25) is 0 Å². The topological polar surface area (TPSA) is 127 Å². The molecule has 0 aliphatic rings. The van der Waals surface area contributed by atoms with Crippen LogP contribution in [0.4, 0.5) is 0 Å². The van der Waals surface area contributed by atoms with Crippen LogP contribution in [0.1, 0.15) is 80.3 Å². The third-order valence-electron chi connectivity index (χ3n) is 5.60. The van der Waals surface area contributed by atoms with Gasteiger partial charge in [-0.05, 0) is 67.3 Å². The van der Waals surface area contributed by atoms with E-state index in [0.29, 0.717) is 18.7 Å². The lowest BCUT2D eigenvalue weighted by Gasteiger charge is -2.27. The zero-order valence-electron chi connectivity index (χ0n) is 22.3. The monoisotopic (exact) mass is 480 g/mol. The molecule has 0 radical (unpaired) electrons. The van der Waals surface area contributed by atoms with Crippen LogP contribution in [-0.2, 0) is 31.2 Å². The Morgan fingerprint density at radius 3 is 2.32 bits per heavy atom. The Balaban J connectivity index is 2.56. The van der Waals surface area contributed by atoms with Gasteiger partial charge in [0.15, 0.2) is 5.78 Å². The van der Waals surface area contributed by atoms with Gasteiger partial charge in [-0.2, -0.15) is 0 Å². The first kappa shape index (κ1) is 29.7. The van der Waals surface area contributed by atoms with Gasteiger partial charge in [0, 0.05) is 13.0 Å². The van der Waals surface area contributed by atoms with Crippen LogP contribution in [0.3, 0.4) is 0 Å². The van der Waals surface area contributed by atoms with E-state index in [2.05, 4.69) is 40.1 Å². The molecule has 0 aliphatic heterocycles. The number of carbonyl (C=O) groups excluding carboxylic acids is 3. The smallest absolute Gasteiger partial charge is 0.237 e. The lowest BCUT2D eigenvalue weighted by atomic mass is 10.0. The minimum atomic E-state index is -0.540. The van der Waals surface area contributed by atoms with Gasteiger partial charge in [0.1, 0.15) is 5.69 Å². The number of rotatable bonds is 14. The molecule has 1 aromatic rings. The molecule has 1 heterocycles. The van der Waals surface area contributed by atoms with E-state index in [1.54, 1.807) is 11.7 Å². The van der Waals surface area contributed by atoms with Crippen LogP contribution >= 0.6 is 0 Å². The van der Waals surface area contributed by atoms with Crippen molar-refractivity contribution in [2.75, 3.05) is 13.7 Å². The molecule has 0 aliphatic carbocycles. The number of hydrogen-bond acceptors (Lipinski definition) is 7. The summed E-state index contributed by atoms with van der Waals surface area (Å²) in [5.74, 6) is -0.546. The second-order valence-corrected chi connectivity index (χ2v) is 10.7. The largest absolute Gasteiger partial charge is 0.376 e. The molecule has 0 saturated carbocycles. The molecule has 2 atom stereocenters. The summed E-state index contributed by atoms with van der Waals surface area (Å²) >= 11 is 0. The molecule has 0 spiro atoms. The number of nitrogens with zero attached hydrogens (tertiary/aromatic N) is 3. The van der Waals surface area contributed by atoms with Crippen molar-refractivity contribution in [3.05, 3.63) is 11.9 Å². The fourth-order valence-corrected chi connectivity index (χ4v) is 3.36. The van der Waals surface area contributed by atoms with Crippen molar-refractivity contribution in [2.24, 2.45) is 5.92 Å². The van der Waals surface area contributed by atoms with E-state index in [4.69, 9.17) is 4.74 Å². The Kier molecular flexibility index (Phi) is 11.3. The predicted octanol–water partition coefficient (Wildman–Crippen LogP) is 1.93. The highest BCUT2D eigenvalue weighted by Crippen LogP contribution is 2.20. The average molecular weight is 481 g/mol. The van der Waals surface area contributed by atoms with Crippen molar-refractivity contribution in [1.82, 2.24) is 30.9 Å². The number of aromatic nitrogens is 3. The molecule has 34 heavy (non-hydrogen) atoms. The molecule has 1 aromatic heterocycles. The normalized spacial score (nSPS) is 14.1. The summed E-state index contributed by atoms with van der Waals surface area (Å²) in [4.78, 5) is 36.6. The molecule has 0 fully saturated rings. The highest BCUT2D eigenvalue weighted by molar-refractivity contribution is 5.88. The summed E-state index contributed by atoms with van der Waals surface area (Å²) in [5, 5.41) is 16.9. The minimum absolute atomic E-state index is 0.00857. The van der Waals surface area contributed by atoms with Gasteiger partial charge in [-0.1, -0.05) is 19.1 Å². The van der Waals surface area contributed by atoms with Crippen LogP contribution in [0.5, 0.6) is 0 Å². The van der Waals surface area contributed by atoms with E-state index in [0.717, 1.165) is 6.42 Å². The van der Waals surface area contributed by atoms with Crippen molar-refractivity contribution in [3.63, 3.8) is 0 Å². The van der Waals surface area contributed by atoms with E-state index in [9.17, 15) is 14.4 Å². The predicted molar refractivity (Wildman–Crippen MR) is 131 cm³/mol. The van der Waals surface area contributed by atoms with Gasteiger partial charge in [-0.25, -0.2) is 4.68 Å². The molecule has 0 aromatic carbocycles. The first-order chi connectivity index (χ1) is 15.7. The van der Waals surface area contributed by atoms with Crippen molar-refractivity contribution >= 4 is 17.6 Å². The molecule has 2 unspecified atom stereocenters. The number of amides is 2. The van der Waals surface area contributed by atoms with Crippen LogP contribution in [0.25, 0.3) is 0 Å². The number of nitrogens with one attached hydrogen (secondary N) is 3. The van der Waals surface area contributed by atoms with E-state index < -0.39 is 12.1 Å². The van der Waals surface area contributed by atoms with Gasteiger partial charge in [0.25, 0.3) is 0 Å². The fraction of sp³-hybridized carbons (Fsp3) is 0.792. The van der Waals surface area contributed by atoms with Gasteiger partial charge in [0.2, 0.25) is 11.8 Å². The summed E-state index contributed by atoms with van der Waals surface area (Å²) in [7, 11) is 1.67. The zero-order valence-corrected chi connectivity index (χ0v) is 22.3. The minimum Gasteiger partial charge on any atom is -0.376 e. The number of ketones is 1. The van der Waals surface area contributed by atoms with Crippen molar-refractivity contribution in [2.45, 2.75) is 104 Å². The second-order valence-electron chi connectivity index (χ2n) is 10.7. The third kappa shape index (κ3) is 10.3. The molecule has 10 heteroatoms. The van der Waals surface area contributed by atoms with Crippen molar-refractivity contribution < 1.29 is 19.1 Å². The van der Waals surface area contributed by atoms with Gasteiger partial charge < -0.3 is 20.7 Å². The second kappa shape index (κ2) is 12.9. The number of ether oxygens (including phenoxy) is 1. The first-order valence-electron chi connectivity index (χ1n) is 12.0. The average Bonchev–Trinajstić information content (AvgIpc) is 3.19. The van der Waals surface area contributed by atoms with Gasteiger partial charge >= 0.3 is 0 Å². The Morgan fingerprint density at radius 2 is 1.79 bits per heavy atom. The Labute approximate surface area is 204 Å². The van der Waals surface area contributed by atoms with Crippen molar-refractivity contribution in [3.8, 4) is 0 Å². The SMILES string of the molecule is CNC(CCC(=O)NC(C(C)=O)C(C)C)C(=O)NCc1cn(C(C)(C)CCOC(C)(C)C)nn1. The van der Waals surface area contributed by atoms with Crippen molar-refractivity contribution in [1.29, 1.82) is 0 Å². The molecule has 10 nitrogen and oxygen atoms in total. The lowest BCUT2D eigenvalue weighted by molar-refractivity contribution is -0.128. The summed E-state index contributed by atoms with van der Waals surface area (Å²) in [6.07, 6.45) is 3.04. The maximum absolute atomic E-state index is 12.6. The van der Waals surface area contributed by atoms with E-state index in [-0.39, 0.29) is 47.6 Å². The molecular formula is C24H44N6O4. The van der Waals surface area contributed by atoms with Crippen LogP contribution in [0, 0.1) is 5.92 Å². The van der Waals surface area contributed by atoms with Crippen LogP contribution in [-0.4, -0.2) is 63.9 Å². The highest BCUT2D eigenvalue weighted by Gasteiger charge is 2.25. The lowest BCUT2D eigenvalue weighted by Crippen LogP contribution is -2.45. The summed E-state index contributed by atoms with van der Waals surface area (Å²) < 4.78 is 7.62. The number of likely N-dealkylation sites (N-methyl/N-ethyl adjacent to an activating group) is 1. The summed E-state index contributed by atoms with van der Waals surface area (Å²) in [5.41, 5.74) is 0.170. The quantitative estimate of drug-likeness (QED) is 0.371. The summed E-state index contributed by atoms with van der Waals surface area (Å²) in [6, 6.07) is -1.05. The molecule has 194 valence electrons. The van der Waals surface area contributed by atoms with Gasteiger partial charge in [0.05, 0.1) is 36.0 Å². The maximum Gasteiger partial charge on any atom is 0.237 e. The molecule has 2 amide bonds. The Hall–Kier alpha value is -2.33. The molecule has 1 rings (SSSR count). The zero-order chi connectivity index (χ0) is 26.1. The van der Waals surface area contributed by atoms with Crippen LogP contribution < -0.4 is 16.0 Å². The van der Waals surface area contributed by atoms with E-state index >= 15 is 0 Å². The molecule has 3 N–H and O–H groups in total. The van der Waals surface area contributed by atoms with Gasteiger partial charge in [-0.3, -0.25) is 14.4 Å². The highest BCUT2D eigenvalue weighted by atomic mass is 16.5. The Morgan fingerprint density at radius 1 is 1.15 bits per heavy atom. The number of hydrogen-bond donors (Lipinski definition) is 3. The van der Waals surface area contributed by atoms with E-state index in [1.807, 2.05) is 40.8 Å². The van der Waals surface area contributed by atoms with Crippen LogP contribution in [0.15, 0.2) is 6.20 Å². The van der Waals surface area contributed by atoms with E-state index in [1.165, 1.54) is 6.92 Å². The summed E-state index contributed by atoms with van der Waals surface area (Å²) in [6.45, 7) is 16.3. The molecule has 0 bridgehead atoms. The fourth-order valence-electron chi connectivity index (χ4n) is 3.36. The maximum atomic E-state index is 12.6. The molecule has 0 saturated heterocycles. The van der Waals surface area contributed by atoms with Gasteiger partial charge in [-0.15, -0.1) is 5.10 Å². The number of Topliss-reactive ketones (excluding diaryl/α,β-unsaturated/α-hetero) is 1. The first-order valence-corrected chi connectivity index (χ1v) is 12.0. The molecular weight excluding hydrogens is 436 g/mol. The third-order valence-corrected chi connectivity index (χ3v) is 5.60. The Bertz CT molecular complexity index is 813. The number of carbonyl (C=O) groups is 3. The standard InChI is InChI=1S/C24H44N6O4/c1-16(2)21(17(3)31)27-20(32)11-10-19(25-9)22(33)26-14-18-15-30(29-28-18)24(7,8)12-13-34-23(4,5)6/h15-16,19,21,25H,10-14H2,1-9H3,(H,26,33)(H,27,32).